The smallest absolute Gasteiger partial charge is 0.146 e. The quantitative estimate of drug-likeness (QED) is 0.438. The number of nitrogens with two attached hydrogens (primary N) is 2. The monoisotopic (exact) mass is 341 g/mol. The van der Waals surface area contributed by atoms with Crippen molar-refractivity contribution in [2.45, 2.75) is 46.0 Å². The lowest BCUT2D eigenvalue weighted by Crippen LogP contribution is -2.07. The van der Waals surface area contributed by atoms with E-state index in [0.717, 1.165) is 36.0 Å². The molecule has 2 rings (SSSR count). The Balaban J connectivity index is 2.35. The Labute approximate surface area is 149 Å². The summed E-state index contributed by atoms with van der Waals surface area (Å²) in [6.45, 7) is 7.94. The van der Waals surface area contributed by atoms with E-state index in [0.29, 0.717) is 22.8 Å². The van der Waals surface area contributed by atoms with Gasteiger partial charge in [-0.15, -0.1) is 0 Å². The maximum atomic E-state index is 14.2. The number of hydrogen-bond acceptors (Lipinski definition) is 3. The second-order valence-corrected chi connectivity index (χ2v) is 6.55. The number of nitrogens with one attached hydrogen (secondary N) is 1. The second kappa shape index (κ2) is 8.56. The zero-order valence-electron chi connectivity index (χ0n) is 15.2. The molecule has 0 aliphatic carbocycles. The van der Waals surface area contributed by atoms with Gasteiger partial charge in [-0.3, -0.25) is 0 Å². The lowest BCUT2D eigenvalue weighted by Gasteiger charge is -2.18. The first kappa shape index (κ1) is 18.8. The minimum Gasteiger partial charge on any atom is -0.399 e. The van der Waals surface area contributed by atoms with Crippen LogP contribution >= 0.6 is 0 Å². The number of halogens is 1. The average Bonchev–Trinajstić information content (AvgIpc) is 2.53. The molecule has 0 bridgehead atoms. The zero-order valence-corrected chi connectivity index (χ0v) is 15.2. The van der Waals surface area contributed by atoms with Crippen molar-refractivity contribution in [3.63, 3.8) is 0 Å². The fourth-order valence-corrected chi connectivity index (χ4v) is 3.01. The summed E-state index contributed by atoms with van der Waals surface area (Å²) < 4.78 is 14.2. The molecule has 2 aromatic carbocycles. The number of benzene rings is 2. The van der Waals surface area contributed by atoms with Gasteiger partial charge in [0.25, 0.3) is 0 Å². The standard InChI is InChI=1S/C21H28FN3/c1-4-5-6-7-8-16-12-17(24)13-20(21(16)15(3)23)25-19-10-9-14(2)11-18(19)22/h9-13,25H,3-8,23-24H2,1-2H3. The van der Waals surface area contributed by atoms with Crippen LogP contribution in [-0.2, 0) is 6.42 Å². The fraction of sp³-hybridized carbons (Fsp3) is 0.333. The first-order valence-corrected chi connectivity index (χ1v) is 8.82. The van der Waals surface area contributed by atoms with Gasteiger partial charge in [0.1, 0.15) is 5.82 Å². The van der Waals surface area contributed by atoms with Crippen LogP contribution < -0.4 is 16.8 Å². The van der Waals surface area contributed by atoms with Gasteiger partial charge in [-0.2, -0.15) is 0 Å². The number of rotatable bonds is 8. The minimum absolute atomic E-state index is 0.305. The highest BCUT2D eigenvalue weighted by Crippen LogP contribution is 2.32. The van der Waals surface area contributed by atoms with Crippen LogP contribution in [0.1, 0.15) is 49.3 Å². The Morgan fingerprint density at radius 3 is 2.52 bits per heavy atom. The van der Waals surface area contributed by atoms with Gasteiger partial charge in [0.05, 0.1) is 11.4 Å². The predicted molar refractivity (Wildman–Crippen MR) is 106 cm³/mol. The van der Waals surface area contributed by atoms with E-state index in [9.17, 15) is 4.39 Å². The summed E-state index contributed by atoms with van der Waals surface area (Å²) in [4.78, 5) is 0. The van der Waals surface area contributed by atoms with Crippen molar-refractivity contribution in [3.05, 3.63) is 59.4 Å². The van der Waals surface area contributed by atoms with Gasteiger partial charge in [0.2, 0.25) is 0 Å². The molecule has 2 aromatic rings. The van der Waals surface area contributed by atoms with Crippen LogP contribution in [0.4, 0.5) is 21.5 Å². The lowest BCUT2D eigenvalue weighted by molar-refractivity contribution is 0.630. The van der Waals surface area contributed by atoms with Crippen molar-refractivity contribution < 1.29 is 4.39 Å². The molecule has 0 unspecified atom stereocenters. The van der Waals surface area contributed by atoms with Gasteiger partial charge in [-0.25, -0.2) is 4.39 Å². The third kappa shape index (κ3) is 4.99. The zero-order chi connectivity index (χ0) is 18.4. The molecular weight excluding hydrogens is 313 g/mol. The Bertz CT molecular complexity index is 753. The van der Waals surface area contributed by atoms with Crippen LogP contribution in [-0.4, -0.2) is 0 Å². The highest BCUT2D eigenvalue weighted by molar-refractivity contribution is 5.81. The first-order chi connectivity index (χ1) is 11.9. The van der Waals surface area contributed by atoms with Crippen molar-refractivity contribution in [3.8, 4) is 0 Å². The largest absolute Gasteiger partial charge is 0.399 e. The fourth-order valence-electron chi connectivity index (χ4n) is 3.01. The summed E-state index contributed by atoms with van der Waals surface area (Å²) in [6.07, 6.45) is 5.50. The van der Waals surface area contributed by atoms with Gasteiger partial charge < -0.3 is 16.8 Å². The van der Waals surface area contributed by atoms with E-state index in [4.69, 9.17) is 11.5 Å². The molecule has 0 radical (unpaired) electrons. The van der Waals surface area contributed by atoms with Gasteiger partial charge in [0, 0.05) is 16.9 Å². The molecule has 25 heavy (non-hydrogen) atoms. The van der Waals surface area contributed by atoms with Crippen molar-refractivity contribution in [1.82, 2.24) is 0 Å². The molecule has 0 saturated carbocycles. The molecule has 0 aliphatic rings. The summed E-state index contributed by atoms with van der Waals surface area (Å²) >= 11 is 0. The molecule has 5 N–H and O–H groups in total. The van der Waals surface area contributed by atoms with Gasteiger partial charge in [-0.05, 0) is 55.2 Å². The maximum absolute atomic E-state index is 14.2. The Morgan fingerprint density at radius 1 is 1.12 bits per heavy atom. The molecule has 134 valence electrons. The van der Waals surface area contributed by atoms with Crippen LogP contribution in [0.25, 0.3) is 5.70 Å². The van der Waals surface area contributed by atoms with Crippen molar-refractivity contribution in [1.29, 1.82) is 0 Å². The van der Waals surface area contributed by atoms with E-state index in [-0.39, 0.29) is 5.82 Å². The maximum Gasteiger partial charge on any atom is 0.146 e. The van der Waals surface area contributed by atoms with Gasteiger partial charge >= 0.3 is 0 Å². The molecule has 0 aromatic heterocycles. The van der Waals surface area contributed by atoms with Crippen LogP contribution in [0.2, 0.25) is 0 Å². The third-order valence-corrected chi connectivity index (χ3v) is 4.26. The van der Waals surface area contributed by atoms with Gasteiger partial charge in [0.15, 0.2) is 0 Å². The molecule has 0 fully saturated rings. The summed E-state index contributed by atoms with van der Waals surface area (Å²) in [5.41, 5.74) is 17.0. The Morgan fingerprint density at radius 2 is 1.88 bits per heavy atom. The highest BCUT2D eigenvalue weighted by atomic mass is 19.1. The summed E-state index contributed by atoms with van der Waals surface area (Å²) in [5, 5.41) is 3.14. The van der Waals surface area contributed by atoms with E-state index < -0.39 is 0 Å². The Hall–Kier alpha value is -2.49. The molecule has 0 amide bonds. The number of unbranched alkanes of at least 4 members (excludes halogenated alkanes) is 3. The molecular formula is C21H28FN3. The topological polar surface area (TPSA) is 64.1 Å². The molecule has 4 heteroatoms. The minimum atomic E-state index is -0.305. The predicted octanol–water partition coefficient (Wildman–Crippen LogP) is 5.51. The number of aryl methyl sites for hydroxylation is 2. The summed E-state index contributed by atoms with van der Waals surface area (Å²) in [7, 11) is 0. The third-order valence-electron chi connectivity index (χ3n) is 4.26. The SMILES string of the molecule is C=C(N)c1c(CCCCCC)cc(N)cc1Nc1ccc(C)cc1F. The normalized spacial score (nSPS) is 10.7. The van der Waals surface area contributed by atoms with Crippen LogP contribution in [0.5, 0.6) is 0 Å². The van der Waals surface area contributed by atoms with Crippen LogP contribution in [0, 0.1) is 12.7 Å². The lowest BCUT2D eigenvalue weighted by atomic mass is 9.96. The van der Waals surface area contributed by atoms with E-state index in [1.54, 1.807) is 12.1 Å². The summed E-state index contributed by atoms with van der Waals surface area (Å²) in [5.74, 6) is -0.305. The van der Waals surface area contributed by atoms with Gasteiger partial charge in [-0.1, -0.05) is 38.8 Å². The number of nitrogen functional groups attached to an aromatic ring is 1. The molecule has 3 nitrogen and oxygen atoms in total. The van der Waals surface area contributed by atoms with Crippen molar-refractivity contribution in [2.75, 3.05) is 11.1 Å². The van der Waals surface area contributed by atoms with Crippen molar-refractivity contribution >= 4 is 22.8 Å². The second-order valence-electron chi connectivity index (χ2n) is 6.55. The molecule has 0 spiro atoms. The number of hydrogen-bond donors (Lipinski definition) is 3. The van der Waals surface area contributed by atoms with E-state index in [1.165, 1.54) is 18.9 Å². The molecule has 0 saturated heterocycles. The number of anilines is 3. The Kier molecular flexibility index (Phi) is 6.45. The first-order valence-electron chi connectivity index (χ1n) is 8.82. The van der Waals surface area contributed by atoms with Crippen LogP contribution in [0.15, 0.2) is 36.9 Å². The van der Waals surface area contributed by atoms with Crippen molar-refractivity contribution in [2.24, 2.45) is 5.73 Å². The van der Waals surface area contributed by atoms with E-state index in [2.05, 4.69) is 18.8 Å². The van der Waals surface area contributed by atoms with Crippen LogP contribution in [0.3, 0.4) is 0 Å². The summed E-state index contributed by atoms with van der Waals surface area (Å²) in [6, 6.07) is 8.80. The van der Waals surface area contributed by atoms with E-state index in [1.807, 2.05) is 19.1 Å². The molecule has 0 aliphatic heterocycles. The average molecular weight is 341 g/mol. The van der Waals surface area contributed by atoms with E-state index >= 15 is 0 Å². The molecule has 0 atom stereocenters. The highest BCUT2D eigenvalue weighted by Gasteiger charge is 2.13. The molecule has 0 heterocycles.